The van der Waals surface area contributed by atoms with Crippen molar-refractivity contribution in [1.82, 2.24) is 10.1 Å². The van der Waals surface area contributed by atoms with Gasteiger partial charge in [0.15, 0.2) is 5.71 Å². The quantitative estimate of drug-likeness (QED) is 0.650. The highest BCUT2D eigenvalue weighted by Crippen LogP contribution is 2.34. The molecule has 2 aliphatic rings. The van der Waals surface area contributed by atoms with E-state index in [0.29, 0.717) is 30.3 Å². The molecule has 2 aliphatic heterocycles. The highest BCUT2D eigenvalue weighted by atomic mass is 16.8. The van der Waals surface area contributed by atoms with E-state index in [4.69, 9.17) is 20.1 Å². The molecule has 2 rings (SSSR count). The summed E-state index contributed by atoms with van der Waals surface area (Å²) in [4.78, 5) is 44.4. The number of amidine groups is 1. The van der Waals surface area contributed by atoms with Gasteiger partial charge >= 0.3 is 17.8 Å². The van der Waals surface area contributed by atoms with Crippen LogP contribution in [0.15, 0.2) is 9.98 Å². The molecule has 3 amide bonds. The van der Waals surface area contributed by atoms with Crippen LogP contribution in [-0.2, 0) is 19.2 Å². The second-order valence-electron chi connectivity index (χ2n) is 4.93. The molecule has 0 aliphatic carbocycles. The number of aliphatic imine (C=N–C) groups is 2. The van der Waals surface area contributed by atoms with Crippen molar-refractivity contribution in [2.75, 3.05) is 26.4 Å². The zero-order chi connectivity index (χ0) is 17.7. The second kappa shape index (κ2) is 7.79. The number of nitrogens with two attached hydrogens (primary N) is 1. The first-order valence-electron chi connectivity index (χ1n) is 8.02. The smallest absolute Gasteiger partial charge is 0.330 e. The lowest BCUT2D eigenvalue weighted by atomic mass is 10.2. The van der Waals surface area contributed by atoms with Crippen LogP contribution >= 0.6 is 0 Å². The molecule has 10 nitrogen and oxygen atoms in total. The van der Waals surface area contributed by atoms with Gasteiger partial charge in [-0.05, 0) is 33.7 Å². The molecule has 0 bridgehead atoms. The zero-order valence-electron chi connectivity index (χ0n) is 14.2. The molecule has 0 radical (unpaired) electrons. The zero-order valence-corrected chi connectivity index (χ0v) is 14.2. The maximum atomic E-state index is 12.6. The number of hydrogen-bond acceptors (Lipinski definition) is 8. The van der Waals surface area contributed by atoms with Crippen molar-refractivity contribution in [3.8, 4) is 0 Å². The van der Waals surface area contributed by atoms with E-state index in [9.17, 15) is 9.59 Å². The Balaban J connectivity index is 2.48. The molecular weight excluding hydrogens is 318 g/mol. The summed E-state index contributed by atoms with van der Waals surface area (Å²) in [6, 6.07) is -0.806. The summed E-state index contributed by atoms with van der Waals surface area (Å²) < 4.78 is 5.66. The van der Waals surface area contributed by atoms with E-state index >= 15 is 0 Å². The minimum Gasteiger partial charge on any atom is -0.330 e. The average molecular weight is 341 g/mol. The first kappa shape index (κ1) is 18.5. The number of rotatable bonds is 9. The summed E-state index contributed by atoms with van der Waals surface area (Å²) in [6.07, 6.45) is 1.11. The van der Waals surface area contributed by atoms with E-state index in [1.807, 2.05) is 0 Å². The fourth-order valence-corrected chi connectivity index (χ4v) is 2.43. The first-order chi connectivity index (χ1) is 11.6. The van der Waals surface area contributed by atoms with Crippen molar-refractivity contribution in [3.05, 3.63) is 0 Å². The molecule has 0 spiro atoms. The molecule has 0 saturated carbocycles. The van der Waals surface area contributed by atoms with Crippen molar-refractivity contribution in [1.29, 1.82) is 0 Å². The van der Waals surface area contributed by atoms with Gasteiger partial charge in [0.1, 0.15) is 5.84 Å². The van der Waals surface area contributed by atoms with Crippen molar-refractivity contribution >= 4 is 23.5 Å². The molecule has 24 heavy (non-hydrogen) atoms. The number of urea groups is 1. The molecule has 2 N–H and O–H groups in total. The predicted octanol–water partition coefficient (Wildman–Crippen LogP) is 0.436. The Morgan fingerprint density at radius 2 is 1.83 bits per heavy atom. The third-order valence-electron chi connectivity index (χ3n) is 3.31. The number of hydrogen-bond donors (Lipinski definition) is 1. The van der Waals surface area contributed by atoms with Crippen LogP contribution in [0, 0.1) is 0 Å². The van der Waals surface area contributed by atoms with E-state index in [1.54, 1.807) is 20.8 Å². The normalized spacial score (nSPS) is 23.5. The number of amides is 3. The van der Waals surface area contributed by atoms with Crippen LogP contribution in [0.5, 0.6) is 0 Å². The molecule has 134 valence electrons. The van der Waals surface area contributed by atoms with Crippen molar-refractivity contribution < 1.29 is 24.0 Å². The van der Waals surface area contributed by atoms with E-state index in [1.165, 1.54) is 0 Å². The molecular formula is C14H23N5O5. The topological polar surface area (TPSA) is 119 Å². The van der Waals surface area contributed by atoms with Gasteiger partial charge in [0.25, 0.3) is 0 Å². The fraction of sp³-hybridized carbons (Fsp3) is 0.714. The summed E-state index contributed by atoms with van der Waals surface area (Å²) >= 11 is 0. The largest absolute Gasteiger partial charge is 0.380 e. The van der Waals surface area contributed by atoms with Crippen molar-refractivity contribution in [2.45, 2.75) is 39.5 Å². The molecule has 0 aromatic heterocycles. The molecule has 0 aromatic rings. The van der Waals surface area contributed by atoms with Gasteiger partial charge in [-0.2, -0.15) is 0 Å². The van der Waals surface area contributed by atoms with Gasteiger partial charge < -0.3 is 10.5 Å². The number of ether oxygens (including phenoxy) is 1. The summed E-state index contributed by atoms with van der Waals surface area (Å²) in [5.74, 6) is -2.04. The van der Waals surface area contributed by atoms with Gasteiger partial charge in [0, 0.05) is 13.0 Å². The van der Waals surface area contributed by atoms with Crippen LogP contribution in [0.4, 0.5) is 4.79 Å². The van der Waals surface area contributed by atoms with Gasteiger partial charge in [-0.1, -0.05) is 0 Å². The lowest BCUT2D eigenvalue weighted by Gasteiger charge is -2.42. The Kier molecular flexibility index (Phi) is 5.99. The number of carbonyl (C=O) groups is 2. The number of hydroxylamine groups is 4. The van der Waals surface area contributed by atoms with Gasteiger partial charge in [-0.25, -0.2) is 14.8 Å². The van der Waals surface area contributed by atoms with Crippen LogP contribution in [-0.4, -0.2) is 65.8 Å². The lowest BCUT2D eigenvalue weighted by molar-refractivity contribution is -0.264. The average Bonchev–Trinajstić information content (AvgIpc) is 2.93. The van der Waals surface area contributed by atoms with Gasteiger partial charge in [0.2, 0.25) is 0 Å². The Morgan fingerprint density at radius 1 is 1.12 bits per heavy atom. The Bertz CT molecular complexity index is 564. The molecule has 1 saturated heterocycles. The maximum Gasteiger partial charge on any atom is 0.380 e. The lowest BCUT2D eigenvalue weighted by Crippen LogP contribution is -2.68. The van der Waals surface area contributed by atoms with Gasteiger partial charge in [-0.15, -0.1) is 10.1 Å². The molecule has 10 heteroatoms. The fourth-order valence-electron chi connectivity index (χ4n) is 2.43. The van der Waals surface area contributed by atoms with E-state index in [2.05, 4.69) is 9.98 Å². The molecule has 0 aromatic carbocycles. The molecule has 2 heterocycles. The van der Waals surface area contributed by atoms with Crippen LogP contribution in [0.25, 0.3) is 0 Å². The summed E-state index contributed by atoms with van der Waals surface area (Å²) in [5.41, 5.74) is 5.45. The number of nitrogens with zero attached hydrogens (tertiary/aromatic N) is 4. The van der Waals surface area contributed by atoms with Crippen LogP contribution in [0.1, 0.15) is 33.6 Å². The minimum atomic E-state index is -1.71. The highest BCUT2D eigenvalue weighted by molar-refractivity contribution is 6.47. The Labute approximate surface area is 140 Å². The van der Waals surface area contributed by atoms with Crippen LogP contribution < -0.4 is 5.73 Å². The van der Waals surface area contributed by atoms with Crippen LogP contribution in [0.3, 0.4) is 0 Å². The summed E-state index contributed by atoms with van der Waals surface area (Å²) in [6.45, 7) is 6.07. The second-order valence-corrected chi connectivity index (χ2v) is 4.93. The predicted molar refractivity (Wildman–Crippen MR) is 84.8 cm³/mol. The van der Waals surface area contributed by atoms with Crippen molar-refractivity contribution in [2.24, 2.45) is 15.7 Å². The molecule has 1 unspecified atom stereocenters. The van der Waals surface area contributed by atoms with E-state index in [0.717, 1.165) is 5.06 Å². The van der Waals surface area contributed by atoms with Crippen molar-refractivity contribution in [3.63, 3.8) is 0 Å². The minimum absolute atomic E-state index is 0.0575. The summed E-state index contributed by atoms with van der Waals surface area (Å²) in [7, 11) is 0. The SMILES string of the molecule is CCON1C(=O)C2=NC(CCCN)=NC2(OCC)N(OCC)C1=O. The third-order valence-corrected chi connectivity index (χ3v) is 3.31. The first-order valence-corrected chi connectivity index (χ1v) is 8.02. The molecule has 1 atom stereocenters. The monoisotopic (exact) mass is 341 g/mol. The number of imide groups is 1. The standard InChI is InChI=1S/C14H23N5O5/c1-4-22-14-11(16-10(17-14)8-7-9-15)12(20)18(23-5-2)13(21)19(14)24-6-3/h4-9,15H2,1-3H3. The van der Waals surface area contributed by atoms with Gasteiger partial charge in [0.05, 0.1) is 13.2 Å². The van der Waals surface area contributed by atoms with Gasteiger partial charge in [-0.3, -0.25) is 14.5 Å². The summed E-state index contributed by atoms with van der Waals surface area (Å²) in [5, 5.41) is 1.52. The van der Waals surface area contributed by atoms with Crippen LogP contribution in [0.2, 0.25) is 0 Å². The Morgan fingerprint density at radius 3 is 2.42 bits per heavy atom. The highest BCUT2D eigenvalue weighted by Gasteiger charge is 2.61. The third kappa shape index (κ3) is 3.05. The Hall–Kier alpha value is -1.88. The maximum absolute atomic E-state index is 12.6. The number of carbonyl (C=O) groups excluding carboxylic acids is 2. The van der Waals surface area contributed by atoms with E-state index < -0.39 is 17.8 Å². The van der Waals surface area contributed by atoms with E-state index in [-0.39, 0.29) is 25.5 Å². The molecule has 1 fully saturated rings. The number of fused-ring (bicyclic) bond motifs is 1.